The number of carbonyl (C=O) groups excluding carboxylic acids is 3. The van der Waals surface area contributed by atoms with Crippen LogP contribution in [0.25, 0.3) is 0 Å². The van der Waals surface area contributed by atoms with Crippen molar-refractivity contribution in [2.75, 3.05) is 39.2 Å². The highest BCUT2D eigenvalue weighted by Gasteiger charge is 2.31. The molecule has 4 amide bonds. The van der Waals surface area contributed by atoms with Crippen LogP contribution in [0.15, 0.2) is 18.2 Å². The van der Waals surface area contributed by atoms with Crippen molar-refractivity contribution in [1.82, 2.24) is 15.1 Å². The molecule has 0 bridgehead atoms. The van der Waals surface area contributed by atoms with E-state index in [4.69, 9.17) is 9.47 Å². The Balaban J connectivity index is 1.91. The molecule has 1 fully saturated rings. The van der Waals surface area contributed by atoms with Crippen LogP contribution in [0.5, 0.6) is 5.75 Å². The lowest BCUT2D eigenvalue weighted by molar-refractivity contribution is -0.122. The number of nitrogens with one attached hydrogen (secondary N) is 2. The highest BCUT2D eigenvalue weighted by molar-refractivity contribution is 5.99. The summed E-state index contributed by atoms with van der Waals surface area (Å²) in [4.78, 5) is 42.2. The van der Waals surface area contributed by atoms with Crippen LogP contribution in [0.1, 0.15) is 57.3 Å². The van der Waals surface area contributed by atoms with E-state index in [-0.39, 0.29) is 54.5 Å². The van der Waals surface area contributed by atoms with Crippen molar-refractivity contribution in [1.29, 1.82) is 0 Å². The molecule has 194 valence electrons. The second-order valence-electron chi connectivity index (χ2n) is 10.2. The van der Waals surface area contributed by atoms with Gasteiger partial charge in [0, 0.05) is 56.9 Å². The topological polar surface area (TPSA) is 100 Å². The van der Waals surface area contributed by atoms with Gasteiger partial charge in [0.2, 0.25) is 5.91 Å². The zero-order chi connectivity index (χ0) is 25.7. The molecule has 0 unspecified atom stereocenters. The van der Waals surface area contributed by atoms with E-state index in [1.54, 1.807) is 42.2 Å². The van der Waals surface area contributed by atoms with Crippen LogP contribution < -0.4 is 15.4 Å². The fraction of sp³-hybridized carbons (Fsp3) is 0.654. The highest BCUT2D eigenvalue weighted by Crippen LogP contribution is 2.30. The van der Waals surface area contributed by atoms with Gasteiger partial charge in [0.15, 0.2) is 0 Å². The molecular formula is C26H40N4O5. The number of hydrogen-bond donors (Lipinski definition) is 2. The van der Waals surface area contributed by atoms with Gasteiger partial charge in [0.1, 0.15) is 12.4 Å². The van der Waals surface area contributed by atoms with Crippen LogP contribution in [0.4, 0.5) is 10.5 Å². The van der Waals surface area contributed by atoms with Crippen molar-refractivity contribution in [3.8, 4) is 5.75 Å². The van der Waals surface area contributed by atoms with Crippen molar-refractivity contribution >= 4 is 23.5 Å². The van der Waals surface area contributed by atoms with Crippen LogP contribution in [0.3, 0.4) is 0 Å². The number of urea groups is 1. The Hall–Kier alpha value is -2.81. The molecule has 0 radical (unpaired) electrons. The summed E-state index contributed by atoms with van der Waals surface area (Å²) in [6.45, 7) is 8.81. The number of hydrogen-bond acceptors (Lipinski definition) is 5. The summed E-state index contributed by atoms with van der Waals surface area (Å²) < 4.78 is 11.9. The molecule has 2 N–H and O–H groups in total. The first kappa shape index (κ1) is 26.8. The molecule has 35 heavy (non-hydrogen) atoms. The first-order valence-electron chi connectivity index (χ1n) is 12.5. The SMILES string of the molecule is CO[C@H]1CN(C)C(=O)c2ccc(NC(=O)C3CCC3)cc2OC[C@H](C)N(C(=O)NC(C)C)C[C@@H]1C. The number of methoxy groups -OCH3 is 1. The maximum absolute atomic E-state index is 13.3. The Morgan fingerprint density at radius 1 is 1.17 bits per heavy atom. The molecule has 1 aromatic rings. The number of carbonyl (C=O) groups is 3. The predicted octanol–water partition coefficient (Wildman–Crippen LogP) is 3.35. The van der Waals surface area contributed by atoms with E-state index < -0.39 is 0 Å². The average molecular weight is 489 g/mol. The molecule has 3 atom stereocenters. The molecule has 3 rings (SSSR count). The normalized spacial score (nSPS) is 24.0. The van der Waals surface area contributed by atoms with Gasteiger partial charge in [-0.15, -0.1) is 0 Å². The lowest BCUT2D eigenvalue weighted by atomic mass is 9.85. The minimum Gasteiger partial charge on any atom is -0.491 e. The van der Waals surface area contributed by atoms with Gasteiger partial charge in [0.25, 0.3) is 5.91 Å². The van der Waals surface area contributed by atoms with Crippen LogP contribution >= 0.6 is 0 Å². The number of fused-ring (bicyclic) bond motifs is 1. The van der Waals surface area contributed by atoms with E-state index in [1.807, 2.05) is 27.7 Å². The van der Waals surface area contributed by atoms with Crippen LogP contribution in [-0.4, -0.2) is 79.7 Å². The largest absolute Gasteiger partial charge is 0.491 e. The van der Waals surface area contributed by atoms with E-state index in [9.17, 15) is 14.4 Å². The molecule has 0 saturated heterocycles. The van der Waals surface area contributed by atoms with E-state index in [2.05, 4.69) is 10.6 Å². The zero-order valence-corrected chi connectivity index (χ0v) is 21.8. The third-order valence-electron chi connectivity index (χ3n) is 6.86. The Morgan fingerprint density at radius 2 is 1.89 bits per heavy atom. The first-order chi connectivity index (χ1) is 16.6. The predicted molar refractivity (Wildman–Crippen MR) is 135 cm³/mol. The van der Waals surface area contributed by atoms with Crippen molar-refractivity contribution in [3.63, 3.8) is 0 Å². The second kappa shape index (κ2) is 11.7. The molecular weight excluding hydrogens is 448 g/mol. The molecule has 1 aromatic carbocycles. The molecule has 0 aromatic heterocycles. The third-order valence-corrected chi connectivity index (χ3v) is 6.86. The minimum absolute atomic E-state index is 0.00292. The van der Waals surface area contributed by atoms with E-state index >= 15 is 0 Å². The summed E-state index contributed by atoms with van der Waals surface area (Å²) >= 11 is 0. The number of likely N-dealkylation sites (N-methyl/N-ethyl adjacent to an activating group) is 1. The monoisotopic (exact) mass is 488 g/mol. The van der Waals surface area contributed by atoms with Gasteiger partial charge in [-0.25, -0.2) is 4.79 Å². The maximum Gasteiger partial charge on any atom is 0.317 e. The third kappa shape index (κ3) is 6.66. The molecule has 1 aliphatic heterocycles. The Morgan fingerprint density at radius 3 is 2.49 bits per heavy atom. The van der Waals surface area contributed by atoms with Crippen molar-refractivity contribution < 1.29 is 23.9 Å². The minimum atomic E-state index is -0.262. The van der Waals surface area contributed by atoms with Crippen LogP contribution in [0, 0.1) is 11.8 Å². The highest BCUT2D eigenvalue weighted by atomic mass is 16.5. The van der Waals surface area contributed by atoms with Crippen LogP contribution in [-0.2, 0) is 9.53 Å². The summed E-state index contributed by atoms with van der Waals surface area (Å²) in [5.41, 5.74) is 0.997. The summed E-state index contributed by atoms with van der Waals surface area (Å²) in [6.07, 6.45) is 2.63. The molecule has 9 nitrogen and oxygen atoms in total. The molecule has 1 saturated carbocycles. The van der Waals surface area contributed by atoms with E-state index in [1.165, 1.54) is 0 Å². The van der Waals surface area contributed by atoms with Crippen molar-refractivity contribution in [3.05, 3.63) is 23.8 Å². The smallest absolute Gasteiger partial charge is 0.317 e. The summed E-state index contributed by atoms with van der Waals surface area (Å²) in [5.74, 6) is 0.222. The van der Waals surface area contributed by atoms with Gasteiger partial charge in [-0.1, -0.05) is 13.3 Å². The average Bonchev–Trinajstić information content (AvgIpc) is 2.76. The van der Waals surface area contributed by atoms with Gasteiger partial charge in [-0.05, 0) is 45.7 Å². The molecule has 9 heteroatoms. The van der Waals surface area contributed by atoms with Crippen molar-refractivity contribution in [2.45, 2.75) is 65.1 Å². The summed E-state index contributed by atoms with van der Waals surface area (Å²) in [7, 11) is 3.36. The van der Waals surface area contributed by atoms with Crippen molar-refractivity contribution in [2.24, 2.45) is 11.8 Å². The zero-order valence-electron chi connectivity index (χ0n) is 21.8. The molecule has 2 aliphatic rings. The Bertz CT molecular complexity index is 917. The quantitative estimate of drug-likeness (QED) is 0.677. The summed E-state index contributed by atoms with van der Waals surface area (Å²) in [6, 6.07) is 4.69. The standard InChI is InChI=1S/C26H40N4O5/c1-16(2)27-26(33)30-13-17(3)23(34-6)14-29(5)25(32)21-11-10-20(12-22(21)35-15-18(30)4)28-24(31)19-8-7-9-19/h10-12,16-19,23H,7-9,13-15H2,1-6H3,(H,27,33)(H,28,31)/t17-,18-,23-/m0/s1. The Kier molecular flexibility index (Phi) is 8.99. The number of rotatable bonds is 4. The lowest BCUT2D eigenvalue weighted by Gasteiger charge is -2.36. The fourth-order valence-corrected chi connectivity index (χ4v) is 4.38. The first-order valence-corrected chi connectivity index (χ1v) is 12.5. The number of ether oxygens (including phenoxy) is 2. The maximum atomic E-state index is 13.3. The van der Waals surface area contributed by atoms with Gasteiger partial charge in [-0.2, -0.15) is 0 Å². The number of anilines is 1. The molecule has 1 heterocycles. The van der Waals surface area contributed by atoms with Gasteiger partial charge < -0.3 is 29.9 Å². The fourth-order valence-electron chi connectivity index (χ4n) is 4.38. The summed E-state index contributed by atoms with van der Waals surface area (Å²) in [5, 5.41) is 5.92. The second-order valence-corrected chi connectivity index (χ2v) is 10.2. The molecule has 0 spiro atoms. The lowest BCUT2D eigenvalue weighted by Crippen LogP contribution is -2.52. The number of benzene rings is 1. The van der Waals surface area contributed by atoms with Gasteiger partial charge in [0.05, 0.1) is 17.7 Å². The molecule has 1 aliphatic carbocycles. The van der Waals surface area contributed by atoms with Gasteiger partial charge >= 0.3 is 6.03 Å². The van der Waals surface area contributed by atoms with Crippen LogP contribution in [0.2, 0.25) is 0 Å². The van der Waals surface area contributed by atoms with E-state index in [0.29, 0.717) is 30.1 Å². The Labute approximate surface area is 208 Å². The number of amides is 4. The van der Waals surface area contributed by atoms with Gasteiger partial charge in [-0.3, -0.25) is 9.59 Å². The van der Waals surface area contributed by atoms with E-state index in [0.717, 1.165) is 19.3 Å². The number of nitrogens with zero attached hydrogens (tertiary/aromatic N) is 2.